The highest BCUT2D eigenvalue weighted by Gasteiger charge is 2.33. The van der Waals surface area contributed by atoms with Gasteiger partial charge in [0.15, 0.2) is 0 Å². The third-order valence-corrected chi connectivity index (χ3v) is 4.15. The van der Waals surface area contributed by atoms with Crippen LogP contribution in [0.15, 0.2) is 24.3 Å². The number of rotatable bonds is 1. The van der Waals surface area contributed by atoms with Crippen LogP contribution in [0.1, 0.15) is 37.7 Å². The Kier molecular flexibility index (Phi) is 3.08. The van der Waals surface area contributed by atoms with Crippen LogP contribution >= 0.6 is 0 Å². The number of hydrogen-bond donors (Lipinski definition) is 1. The second-order valence-electron chi connectivity index (χ2n) is 5.41. The fourth-order valence-corrected chi connectivity index (χ4v) is 3.19. The fourth-order valence-electron chi connectivity index (χ4n) is 3.19. The molecule has 2 aliphatic rings. The zero-order valence-corrected chi connectivity index (χ0v) is 10.9. The van der Waals surface area contributed by atoms with Crippen molar-refractivity contribution >= 4 is 11.6 Å². The van der Waals surface area contributed by atoms with Gasteiger partial charge in [0.05, 0.1) is 0 Å². The summed E-state index contributed by atoms with van der Waals surface area (Å²) in [6, 6.07) is 8.77. The molecule has 3 heteroatoms. The summed E-state index contributed by atoms with van der Waals surface area (Å²) in [5.74, 6) is 0.653. The van der Waals surface area contributed by atoms with Gasteiger partial charge in [0, 0.05) is 18.2 Å². The average Bonchev–Trinajstić information content (AvgIpc) is 2.40. The van der Waals surface area contributed by atoms with Crippen LogP contribution in [0.4, 0.5) is 5.69 Å². The Hall–Kier alpha value is -1.35. The Balaban J connectivity index is 1.97. The zero-order valence-electron chi connectivity index (χ0n) is 10.9. The van der Waals surface area contributed by atoms with Gasteiger partial charge >= 0.3 is 0 Å². The van der Waals surface area contributed by atoms with E-state index in [0.29, 0.717) is 24.3 Å². The molecule has 96 valence electrons. The summed E-state index contributed by atoms with van der Waals surface area (Å²) in [5, 5.41) is 3.36. The van der Waals surface area contributed by atoms with Gasteiger partial charge in [-0.05, 0) is 43.5 Å². The topological polar surface area (TPSA) is 32.3 Å². The van der Waals surface area contributed by atoms with Gasteiger partial charge in [0.25, 0.3) is 0 Å². The number of para-hydroxylation sites is 1. The molecule has 3 rings (SSSR count). The number of amides is 1. The maximum atomic E-state index is 12.4. The van der Waals surface area contributed by atoms with Crippen molar-refractivity contribution in [1.29, 1.82) is 0 Å². The van der Waals surface area contributed by atoms with Crippen LogP contribution in [-0.2, 0) is 4.79 Å². The minimum atomic E-state index is 0.299. The molecule has 1 aromatic carbocycles. The van der Waals surface area contributed by atoms with Gasteiger partial charge < -0.3 is 10.2 Å². The summed E-state index contributed by atoms with van der Waals surface area (Å²) in [6.07, 6.45) is 2.78. The van der Waals surface area contributed by atoms with Gasteiger partial charge in [-0.15, -0.1) is 0 Å². The number of hydrogen-bond acceptors (Lipinski definition) is 2. The van der Waals surface area contributed by atoms with Gasteiger partial charge in [-0.2, -0.15) is 0 Å². The Morgan fingerprint density at radius 1 is 1.22 bits per heavy atom. The van der Waals surface area contributed by atoms with Crippen LogP contribution in [0.3, 0.4) is 0 Å². The average molecular weight is 244 g/mol. The lowest BCUT2D eigenvalue weighted by Gasteiger charge is -2.40. The van der Waals surface area contributed by atoms with E-state index >= 15 is 0 Å². The first kappa shape index (κ1) is 11.7. The molecule has 0 spiro atoms. The molecule has 1 amide bonds. The van der Waals surface area contributed by atoms with E-state index in [9.17, 15) is 4.79 Å². The number of anilines is 1. The summed E-state index contributed by atoms with van der Waals surface area (Å²) >= 11 is 0. The maximum Gasteiger partial charge on any atom is 0.227 e. The molecule has 0 saturated carbocycles. The van der Waals surface area contributed by atoms with Crippen LogP contribution in [0.5, 0.6) is 0 Å². The van der Waals surface area contributed by atoms with E-state index in [4.69, 9.17) is 0 Å². The number of benzene rings is 1. The van der Waals surface area contributed by atoms with E-state index in [0.717, 1.165) is 31.6 Å². The monoisotopic (exact) mass is 244 g/mol. The molecule has 0 aromatic heterocycles. The molecule has 2 aliphatic heterocycles. The molecule has 1 atom stereocenters. The Morgan fingerprint density at radius 2 is 1.94 bits per heavy atom. The molecule has 0 aliphatic carbocycles. The lowest BCUT2D eigenvalue weighted by Crippen LogP contribution is -2.48. The van der Waals surface area contributed by atoms with Gasteiger partial charge in [-0.3, -0.25) is 4.79 Å². The molecule has 1 aromatic rings. The summed E-state index contributed by atoms with van der Waals surface area (Å²) in [5.41, 5.74) is 2.48. The standard InChI is InChI=1S/C15H20N2O/c1-11-10-15(18)17(12-6-8-16-9-7-12)14-5-3-2-4-13(11)14/h2-5,11-12,16H,6-10H2,1H3. The number of fused-ring (bicyclic) bond motifs is 1. The van der Waals surface area contributed by atoms with Gasteiger partial charge in [-0.1, -0.05) is 25.1 Å². The Labute approximate surface area is 108 Å². The van der Waals surface area contributed by atoms with Crippen LogP contribution in [0.25, 0.3) is 0 Å². The number of nitrogens with one attached hydrogen (secondary N) is 1. The van der Waals surface area contributed by atoms with Crippen molar-refractivity contribution in [2.24, 2.45) is 0 Å². The summed E-state index contributed by atoms with van der Waals surface area (Å²) in [7, 11) is 0. The van der Waals surface area contributed by atoms with Crippen molar-refractivity contribution < 1.29 is 4.79 Å². The second kappa shape index (κ2) is 4.73. The summed E-state index contributed by atoms with van der Waals surface area (Å²) in [4.78, 5) is 14.4. The Morgan fingerprint density at radius 3 is 2.72 bits per heavy atom. The number of piperidine rings is 1. The number of nitrogens with zero attached hydrogens (tertiary/aromatic N) is 1. The van der Waals surface area contributed by atoms with Gasteiger partial charge in [-0.25, -0.2) is 0 Å². The molecule has 0 bridgehead atoms. The van der Waals surface area contributed by atoms with E-state index in [-0.39, 0.29) is 0 Å². The largest absolute Gasteiger partial charge is 0.317 e. The highest BCUT2D eigenvalue weighted by Crippen LogP contribution is 2.37. The van der Waals surface area contributed by atoms with Crippen molar-refractivity contribution in [3.8, 4) is 0 Å². The lowest BCUT2D eigenvalue weighted by atomic mass is 9.89. The molecular formula is C15H20N2O. The zero-order chi connectivity index (χ0) is 12.5. The highest BCUT2D eigenvalue weighted by molar-refractivity contribution is 5.97. The quantitative estimate of drug-likeness (QED) is 0.822. The molecule has 3 nitrogen and oxygen atoms in total. The van der Waals surface area contributed by atoms with Crippen LogP contribution in [0.2, 0.25) is 0 Å². The van der Waals surface area contributed by atoms with Crippen molar-refractivity contribution in [3.05, 3.63) is 29.8 Å². The first-order chi connectivity index (χ1) is 8.77. The van der Waals surface area contributed by atoms with Gasteiger partial charge in [0.1, 0.15) is 0 Å². The van der Waals surface area contributed by atoms with Crippen LogP contribution in [0, 0.1) is 0 Å². The van der Waals surface area contributed by atoms with Crippen molar-refractivity contribution in [2.75, 3.05) is 18.0 Å². The molecule has 1 unspecified atom stereocenters. The van der Waals surface area contributed by atoms with E-state index < -0.39 is 0 Å². The molecule has 1 fully saturated rings. The SMILES string of the molecule is CC1CC(=O)N(C2CCNCC2)c2ccccc21. The number of carbonyl (C=O) groups is 1. The van der Waals surface area contributed by atoms with E-state index in [1.165, 1.54) is 5.56 Å². The molecule has 1 saturated heterocycles. The molecule has 0 radical (unpaired) electrons. The van der Waals surface area contributed by atoms with Crippen LogP contribution < -0.4 is 10.2 Å². The van der Waals surface area contributed by atoms with E-state index in [2.05, 4.69) is 35.3 Å². The number of carbonyl (C=O) groups excluding carboxylic acids is 1. The third kappa shape index (κ3) is 1.93. The van der Waals surface area contributed by atoms with Crippen molar-refractivity contribution in [1.82, 2.24) is 5.32 Å². The van der Waals surface area contributed by atoms with Crippen molar-refractivity contribution in [3.63, 3.8) is 0 Å². The third-order valence-electron chi connectivity index (χ3n) is 4.15. The molecule has 18 heavy (non-hydrogen) atoms. The predicted molar refractivity (Wildman–Crippen MR) is 72.9 cm³/mol. The predicted octanol–water partition coefficient (Wildman–Crippen LogP) is 2.28. The first-order valence-corrected chi connectivity index (χ1v) is 6.89. The smallest absolute Gasteiger partial charge is 0.227 e. The summed E-state index contributed by atoms with van der Waals surface area (Å²) < 4.78 is 0. The lowest BCUT2D eigenvalue weighted by molar-refractivity contribution is -0.119. The highest BCUT2D eigenvalue weighted by atomic mass is 16.2. The van der Waals surface area contributed by atoms with Crippen molar-refractivity contribution in [2.45, 2.75) is 38.1 Å². The first-order valence-electron chi connectivity index (χ1n) is 6.89. The van der Waals surface area contributed by atoms with E-state index in [1.807, 2.05) is 6.07 Å². The van der Waals surface area contributed by atoms with Gasteiger partial charge in [0.2, 0.25) is 5.91 Å². The maximum absolute atomic E-state index is 12.4. The molecule has 1 N–H and O–H groups in total. The molecular weight excluding hydrogens is 224 g/mol. The Bertz CT molecular complexity index is 452. The minimum Gasteiger partial charge on any atom is -0.317 e. The summed E-state index contributed by atoms with van der Waals surface area (Å²) in [6.45, 7) is 4.19. The normalized spacial score (nSPS) is 25.1. The fraction of sp³-hybridized carbons (Fsp3) is 0.533. The second-order valence-corrected chi connectivity index (χ2v) is 5.41. The minimum absolute atomic E-state index is 0.299. The molecule has 2 heterocycles. The van der Waals surface area contributed by atoms with E-state index in [1.54, 1.807) is 0 Å². The van der Waals surface area contributed by atoms with Crippen LogP contribution in [-0.4, -0.2) is 25.0 Å².